The van der Waals surface area contributed by atoms with Crippen LogP contribution in [-0.2, 0) is 4.79 Å². The molecule has 21 heavy (non-hydrogen) atoms. The van der Waals surface area contributed by atoms with Crippen LogP contribution in [0, 0.1) is 5.92 Å². The van der Waals surface area contributed by atoms with Crippen molar-refractivity contribution >= 4 is 27.5 Å². The number of nitrogens with one attached hydrogen (secondary N) is 2. The summed E-state index contributed by atoms with van der Waals surface area (Å²) in [6.07, 6.45) is 1.11. The van der Waals surface area contributed by atoms with Gasteiger partial charge in [-0.3, -0.25) is 4.79 Å². The molecule has 116 valence electrons. The molecule has 0 spiro atoms. The first-order chi connectivity index (χ1) is 9.93. The maximum Gasteiger partial charge on any atom is 0.246 e. The summed E-state index contributed by atoms with van der Waals surface area (Å²) in [7, 11) is 0. The van der Waals surface area contributed by atoms with Crippen LogP contribution >= 0.6 is 15.9 Å². The van der Waals surface area contributed by atoms with Gasteiger partial charge >= 0.3 is 0 Å². The molecule has 1 aromatic carbocycles. The Labute approximate surface area is 134 Å². The molecule has 1 aliphatic rings. The molecular weight excluding hydrogens is 332 g/mol. The van der Waals surface area contributed by atoms with Gasteiger partial charge < -0.3 is 15.4 Å². The van der Waals surface area contributed by atoms with E-state index in [9.17, 15) is 4.79 Å². The van der Waals surface area contributed by atoms with Gasteiger partial charge in [0, 0.05) is 17.3 Å². The van der Waals surface area contributed by atoms with Gasteiger partial charge in [0.1, 0.15) is 11.8 Å². The molecule has 0 saturated heterocycles. The Morgan fingerprint density at radius 2 is 2.10 bits per heavy atom. The smallest absolute Gasteiger partial charge is 0.246 e. The number of carbonyl (C=O) groups excluding carboxylic acids is 1. The summed E-state index contributed by atoms with van der Waals surface area (Å²) in [5, 5.41) is 6.19. The fourth-order valence-corrected chi connectivity index (χ4v) is 2.63. The molecule has 2 unspecified atom stereocenters. The van der Waals surface area contributed by atoms with Crippen molar-refractivity contribution in [1.29, 1.82) is 0 Å². The number of anilines is 1. The van der Waals surface area contributed by atoms with E-state index < -0.39 is 0 Å². The van der Waals surface area contributed by atoms with Gasteiger partial charge in [-0.25, -0.2) is 0 Å². The van der Waals surface area contributed by atoms with E-state index in [1.54, 1.807) is 0 Å². The Balaban J connectivity index is 2.24. The molecule has 0 saturated carbocycles. The molecule has 4 nitrogen and oxygen atoms in total. The first-order valence-electron chi connectivity index (χ1n) is 7.48. The normalized spacial score (nSPS) is 18.6. The molecule has 5 heteroatoms. The Kier molecular flexibility index (Phi) is 5.27. The quantitative estimate of drug-likeness (QED) is 0.815. The molecule has 2 atom stereocenters. The van der Waals surface area contributed by atoms with Crippen LogP contribution in [0.3, 0.4) is 0 Å². The number of fused-ring (bicyclic) bond motifs is 1. The third kappa shape index (κ3) is 3.58. The second-order valence-electron chi connectivity index (χ2n) is 5.81. The van der Waals surface area contributed by atoms with Crippen LogP contribution in [-0.4, -0.2) is 18.6 Å². The predicted octanol–water partition coefficient (Wildman–Crippen LogP) is 3.87. The third-order valence-electron chi connectivity index (χ3n) is 3.79. The average molecular weight is 355 g/mol. The van der Waals surface area contributed by atoms with E-state index >= 15 is 0 Å². The summed E-state index contributed by atoms with van der Waals surface area (Å²) in [5.74, 6) is 1.20. The molecule has 1 heterocycles. The Hall–Kier alpha value is -1.07. The van der Waals surface area contributed by atoms with Crippen molar-refractivity contribution in [1.82, 2.24) is 5.32 Å². The summed E-state index contributed by atoms with van der Waals surface area (Å²) in [6, 6.07) is 3.61. The van der Waals surface area contributed by atoms with Crippen LogP contribution < -0.4 is 15.4 Å². The largest absolute Gasteiger partial charge is 0.489 e. The Bertz CT molecular complexity index is 531. The van der Waals surface area contributed by atoms with Gasteiger partial charge in [-0.2, -0.15) is 0 Å². The highest BCUT2D eigenvalue weighted by Crippen LogP contribution is 2.39. The zero-order valence-electron chi connectivity index (χ0n) is 13.0. The Morgan fingerprint density at radius 3 is 2.71 bits per heavy atom. The summed E-state index contributed by atoms with van der Waals surface area (Å²) in [4.78, 5) is 12.1. The van der Waals surface area contributed by atoms with E-state index in [0.717, 1.165) is 34.4 Å². The number of hydrogen-bond acceptors (Lipinski definition) is 3. The van der Waals surface area contributed by atoms with E-state index in [1.807, 2.05) is 12.1 Å². The number of hydrogen-bond donors (Lipinski definition) is 2. The standard InChI is InChI=1S/C16H23BrN2O2/c1-5-6-18-15-11-7-12(17)14(21-10(4)9(2)3)8-13(11)19-16(15)20/h7-10,15,18H,5-6H2,1-4H3,(H,19,20). The van der Waals surface area contributed by atoms with Crippen molar-refractivity contribution < 1.29 is 9.53 Å². The van der Waals surface area contributed by atoms with E-state index in [2.05, 4.69) is 54.3 Å². The molecule has 0 radical (unpaired) electrons. The summed E-state index contributed by atoms with van der Waals surface area (Å²) < 4.78 is 6.85. The lowest BCUT2D eigenvalue weighted by atomic mass is 10.1. The first kappa shape index (κ1) is 16.3. The van der Waals surface area contributed by atoms with Gasteiger partial charge in [-0.05, 0) is 47.8 Å². The van der Waals surface area contributed by atoms with Crippen molar-refractivity contribution in [2.75, 3.05) is 11.9 Å². The highest BCUT2D eigenvalue weighted by atomic mass is 79.9. The van der Waals surface area contributed by atoms with Crippen LogP contribution in [0.2, 0.25) is 0 Å². The van der Waals surface area contributed by atoms with Crippen molar-refractivity contribution in [3.63, 3.8) is 0 Å². The van der Waals surface area contributed by atoms with Gasteiger partial charge in [0.15, 0.2) is 0 Å². The van der Waals surface area contributed by atoms with Gasteiger partial charge in [0.25, 0.3) is 0 Å². The van der Waals surface area contributed by atoms with Crippen LogP contribution in [0.15, 0.2) is 16.6 Å². The second-order valence-corrected chi connectivity index (χ2v) is 6.67. The molecule has 0 bridgehead atoms. The number of halogens is 1. The fraction of sp³-hybridized carbons (Fsp3) is 0.562. The van der Waals surface area contributed by atoms with E-state index in [0.29, 0.717) is 5.92 Å². The van der Waals surface area contributed by atoms with E-state index in [1.165, 1.54) is 0 Å². The maximum absolute atomic E-state index is 12.1. The van der Waals surface area contributed by atoms with Gasteiger partial charge in [0.05, 0.1) is 10.6 Å². The number of amides is 1. The van der Waals surface area contributed by atoms with Crippen molar-refractivity contribution in [2.45, 2.75) is 46.3 Å². The lowest BCUT2D eigenvalue weighted by Crippen LogP contribution is -2.28. The van der Waals surface area contributed by atoms with E-state index in [4.69, 9.17) is 4.74 Å². The maximum atomic E-state index is 12.1. The summed E-state index contributed by atoms with van der Waals surface area (Å²) in [6.45, 7) is 9.20. The number of ether oxygens (including phenoxy) is 1. The monoisotopic (exact) mass is 354 g/mol. The van der Waals surface area contributed by atoms with Crippen LogP contribution in [0.25, 0.3) is 0 Å². The zero-order valence-corrected chi connectivity index (χ0v) is 14.6. The summed E-state index contributed by atoms with van der Waals surface area (Å²) >= 11 is 3.55. The fourth-order valence-electron chi connectivity index (χ4n) is 2.18. The summed E-state index contributed by atoms with van der Waals surface area (Å²) in [5.41, 5.74) is 1.81. The van der Waals surface area contributed by atoms with Crippen molar-refractivity contribution in [3.8, 4) is 5.75 Å². The molecule has 2 N–H and O–H groups in total. The molecule has 1 amide bonds. The molecule has 1 aliphatic heterocycles. The van der Waals surface area contributed by atoms with Gasteiger partial charge in [-0.1, -0.05) is 20.8 Å². The minimum absolute atomic E-state index is 0.000548. The van der Waals surface area contributed by atoms with Crippen LogP contribution in [0.4, 0.5) is 5.69 Å². The van der Waals surface area contributed by atoms with E-state index in [-0.39, 0.29) is 18.1 Å². The second kappa shape index (κ2) is 6.79. The topological polar surface area (TPSA) is 50.4 Å². The third-order valence-corrected chi connectivity index (χ3v) is 4.40. The van der Waals surface area contributed by atoms with Crippen LogP contribution in [0.1, 0.15) is 45.7 Å². The molecule has 0 fully saturated rings. The zero-order chi connectivity index (χ0) is 15.6. The molecule has 0 aliphatic carbocycles. The first-order valence-corrected chi connectivity index (χ1v) is 8.27. The van der Waals surface area contributed by atoms with Gasteiger partial charge in [0.2, 0.25) is 5.91 Å². The lowest BCUT2D eigenvalue weighted by Gasteiger charge is -2.20. The van der Waals surface area contributed by atoms with Crippen molar-refractivity contribution in [3.05, 3.63) is 22.2 Å². The number of carbonyl (C=O) groups is 1. The van der Waals surface area contributed by atoms with Gasteiger partial charge in [-0.15, -0.1) is 0 Å². The minimum atomic E-state index is -0.271. The van der Waals surface area contributed by atoms with Crippen molar-refractivity contribution in [2.24, 2.45) is 5.92 Å². The number of benzene rings is 1. The SMILES string of the molecule is CCCNC1C(=O)Nc2cc(OC(C)C(C)C)c(Br)cc21. The minimum Gasteiger partial charge on any atom is -0.489 e. The predicted molar refractivity (Wildman–Crippen MR) is 88.7 cm³/mol. The molecule has 1 aromatic rings. The lowest BCUT2D eigenvalue weighted by molar-refractivity contribution is -0.117. The molecular formula is C16H23BrN2O2. The Morgan fingerprint density at radius 1 is 1.38 bits per heavy atom. The van der Waals surface area contributed by atoms with Crippen LogP contribution in [0.5, 0.6) is 5.75 Å². The number of rotatable bonds is 6. The molecule has 0 aromatic heterocycles. The highest BCUT2D eigenvalue weighted by Gasteiger charge is 2.31. The molecule has 2 rings (SSSR count). The highest BCUT2D eigenvalue weighted by molar-refractivity contribution is 9.10. The average Bonchev–Trinajstić information content (AvgIpc) is 2.71.